The summed E-state index contributed by atoms with van der Waals surface area (Å²) in [6.45, 7) is 0.520. The van der Waals surface area contributed by atoms with Gasteiger partial charge < -0.3 is 21.0 Å². The number of aromatic nitrogens is 3. The van der Waals surface area contributed by atoms with Crippen LogP contribution in [0.15, 0.2) is 60.9 Å². The van der Waals surface area contributed by atoms with Crippen LogP contribution in [0.5, 0.6) is 0 Å². The molecular weight excluding hydrogens is 314 g/mol. The molecule has 0 fully saturated rings. The van der Waals surface area contributed by atoms with Crippen LogP contribution in [0.2, 0.25) is 0 Å². The first-order valence-corrected chi connectivity index (χ1v) is 7.92. The van der Waals surface area contributed by atoms with Gasteiger partial charge in [0.2, 0.25) is 0 Å². The van der Waals surface area contributed by atoms with Gasteiger partial charge >= 0.3 is 0 Å². The fourth-order valence-electron chi connectivity index (χ4n) is 2.88. The number of fused-ring (bicyclic) bond motifs is 1. The summed E-state index contributed by atoms with van der Waals surface area (Å²) >= 11 is 0. The molecule has 0 aliphatic carbocycles. The maximum Gasteiger partial charge on any atom is 0.250 e. The number of para-hydroxylation sites is 1. The van der Waals surface area contributed by atoms with E-state index in [1.54, 1.807) is 12.1 Å². The van der Waals surface area contributed by atoms with Gasteiger partial charge in [-0.2, -0.15) is 0 Å². The van der Waals surface area contributed by atoms with Gasteiger partial charge in [0.25, 0.3) is 5.91 Å². The Labute approximate surface area is 144 Å². The molecule has 0 radical (unpaired) electrons. The summed E-state index contributed by atoms with van der Waals surface area (Å²) in [5.74, 6) is 0.215. The second-order valence-electron chi connectivity index (χ2n) is 5.83. The first kappa shape index (κ1) is 15.2. The lowest BCUT2D eigenvalue weighted by Gasteiger charge is -2.04. The Bertz CT molecular complexity index is 1060. The molecule has 4 aromatic rings. The van der Waals surface area contributed by atoms with Crippen molar-refractivity contribution in [3.05, 3.63) is 72.1 Å². The second-order valence-corrected chi connectivity index (χ2v) is 5.83. The molecule has 2 heterocycles. The minimum Gasteiger partial charge on any atom is -0.366 e. The first-order chi connectivity index (χ1) is 12.2. The van der Waals surface area contributed by atoms with E-state index >= 15 is 0 Å². The number of amides is 1. The minimum absolute atomic E-state index is 0.415. The fraction of sp³-hybridized carbons (Fsp3) is 0.0526. The van der Waals surface area contributed by atoms with Crippen LogP contribution < -0.4 is 11.5 Å². The Balaban J connectivity index is 1.71. The Morgan fingerprint density at radius 2 is 1.92 bits per heavy atom. The maximum absolute atomic E-state index is 11.5. The number of hydrogen-bond acceptors (Lipinski definition) is 3. The van der Waals surface area contributed by atoms with E-state index < -0.39 is 5.91 Å². The molecule has 0 aliphatic rings. The van der Waals surface area contributed by atoms with E-state index in [4.69, 9.17) is 11.5 Å². The zero-order valence-electron chi connectivity index (χ0n) is 13.4. The van der Waals surface area contributed by atoms with Crippen molar-refractivity contribution in [3.8, 4) is 17.1 Å². The highest BCUT2D eigenvalue weighted by molar-refractivity contribution is 6.04. The van der Waals surface area contributed by atoms with E-state index in [-0.39, 0.29) is 0 Å². The SMILES string of the molecule is NCc1ccn(-c2ccc(-c3nc4c(C(N)=O)cccc4[nH]3)cc2)c1. The summed E-state index contributed by atoms with van der Waals surface area (Å²) in [7, 11) is 0. The molecule has 2 aromatic heterocycles. The average Bonchev–Trinajstić information content (AvgIpc) is 3.28. The van der Waals surface area contributed by atoms with Crippen molar-refractivity contribution in [1.82, 2.24) is 14.5 Å². The molecule has 0 saturated carbocycles. The predicted octanol–water partition coefficient (Wildman–Crippen LogP) is 2.58. The number of imidazole rings is 1. The molecule has 1 amide bonds. The van der Waals surface area contributed by atoms with Crippen LogP contribution in [0.25, 0.3) is 28.1 Å². The summed E-state index contributed by atoms with van der Waals surface area (Å²) < 4.78 is 2.02. The van der Waals surface area contributed by atoms with Gasteiger partial charge in [-0.3, -0.25) is 4.79 Å². The van der Waals surface area contributed by atoms with Crippen LogP contribution in [-0.4, -0.2) is 20.4 Å². The monoisotopic (exact) mass is 331 g/mol. The summed E-state index contributed by atoms with van der Waals surface area (Å²) in [5, 5.41) is 0. The zero-order chi connectivity index (χ0) is 17.4. The van der Waals surface area contributed by atoms with E-state index in [0.717, 1.165) is 22.3 Å². The van der Waals surface area contributed by atoms with Crippen molar-refractivity contribution in [1.29, 1.82) is 0 Å². The van der Waals surface area contributed by atoms with Gasteiger partial charge in [0.05, 0.1) is 11.1 Å². The molecule has 0 aliphatic heterocycles. The number of H-pyrrole nitrogens is 1. The predicted molar refractivity (Wildman–Crippen MR) is 97.3 cm³/mol. The van der Waals surface area contributed by atoms with Gasteiger partial charge in [-0.1, -0.05) is 6.07 Å². The van der Waals surface area contributed by atoms with Crippen LogP contribution in [0, 0.1) is 0 Å². The molecule has 2 aromatic carbocycles. The van der Waals surface area contributed by atoms with Crippen LogP contribution in [0.3, 0.4) is 0 Å². The lowest BCUT2D eigenvalue weighted by Crippen LogP contribution is -2.11. The van der Waals surface area contributed by atoms with Crippen LogP contribution in [-0.2, 0) is 6.54 Å². The summed E-state index contributed by atoms with van der Waals surface area (Å²) in [4.78, 5) is 19.3. The number of primary amides is 1. The van der Waals surface area contributed by atoms with Crippen molar-refractivity contribution < 1.29 is 4.79 Å². The van der Waals surface area contributed by atoms with Crippen molar-refractivity contribution in [3.63, 3.8) is 0 Å². The van der Waals surface area contributed by atoms with Gasteiger partial charge in [0.1, 0.15) is 11.3 Å². The lowest BCUT2D eigenvalue weighted by molar-refractivity contribution is 0.100. The quantitative estimate of drug-likeness (QED) is 0.535. The smallest absolute Gasteiger partial charge is 0.250 e. The molecule has 6 heteroatoms. The Hall–Kier alpha value is -3.38. The summed E-state index contributed by atoms with van der Waals surface area (Å²) in [5.41, 5.74) is 15.9. The molecule has 0 bridgehead atoms. The molecule has 0 spiro atoms. The van der Waals surface area contributed by atoms with Gasteiger partial charge in [-0.05, 0) is 48.0 Å². The highest BCUT2D eigenvalue weighted by Gasteiger charge is 2.12. The van der Waals surface area contributed by atoms with Gasteiger partial charge in [0, 0.05) is 30.2 Å². The number of rotatable bonds is 4. The third-order valence-corrected chi connectivity index (χ3v) is 4.21. The topological polar surface area (TPSA) is 103 Å². The van der Waals surface area contributed by atoms with E-state index in [1.807, 2.05) is 53.4 Å². The number of carbonyl (C=O) groups excluding carboxylic acids is 1. The highest BCUT2D eigenvalue weighted by Crippen LogP contribution is 2.24. The van der Waals surface area contributed by atoms with E-state index in [0.29, 0.717) is 23.4 Å². The van der Waals surface area contributed by atoms with Crippen LogP contribution in [0.1, 0.15) is 15.9 Å². The summed E-state index contributed by atoms with van der Waals surface area (Å²) in [6, 6.07) is 15.3. The number of nitrogens with two attached hydrogens (primary N) is 2. The molecule has 4 rings (SSSR count). The van der Waals surface area contributed by atoms with Crippen LogP contribution in [0.4, 0.5) is 0 Å². The number of nitrogens with one attached hydrogen (secondary N) is 1. The molecular formula is C19H17N5O. The molecule has 0 unspecified atom stereocenters. The zero-order valence-corrected chi connectivity index (χ0v) is 13.4. The first-order valence-electron chi connectivity index (χ1n) is 7.92. The Kier molecular flexibility index (Phi) is 3.59. The van der Waals surface area contributed by atoms with Gasteiger partial charge in [0.15, 0.2) is 0 Å². The van der Waals surface area contributed by atoms with E-state index in [9.17, 15) is 4.79 Å². The molecule has 5 N–H and O–H groups in total. The third-order valence-electron chi connectivity index (χ3n) is 4.21. The fourth-order valence-corrected chi connectivity index (χ4v) is 2.88. The molecule has 0 saturated heterocycles. The summed E-state index contributed by atoms with van der Waals surface area (Å²) in [6.07, 6.45) is 3.99. The molecule has 25 heavy (non-hydrogen) atoms. The molecule has 6 nitrogen and oxygen atoms in total. The second kappa shape index (κ2) is 5.92. The van der Waals surface area contributed by atoms with Crippen LogP contribution >= 0.6 is 0 Å². The van der Waals surface area contributed by atoms with Crippen molar-refractivity contribution in [2.45, 2.75) is 6.54 Å². The third kappa shape index (κ3) is 2.68. The van der Waals surface area contributed by atoms with Gasteiger partial charge in [-0.15, -0.1) is 0 Å². The molecule has 0 atom stereocenters. The largest absolute Gasteiger partial charge is 0.366 e. The lowest BCUT2D eigenvalue weighted by atomic mass is 10.2. The number of benzene rings is 2. The van der Waals surface area contributed by atoms with Gasteiger partial charge in [-0.25, -0.2) is 4.98 Å². The standard InChI is InChI=1S/C19H17N5O/c20-10-12-8-9-24(11-12)14-6-4-13(5-7-14)19-22-16-3-1-2-15(18(21)25)17(16)23-19/h1-9,11H,10,20H2,(H2,21,25)(H,22,23). The Morgan fingerprint density at radius 1 is 1.12 bits per heavy atom. The highest BCUT2D eigenvalue weighted by atomic mass is 16.1. The van der Waals surface area contributed by atoms with Crippen molar-refractivity contribution in [2.75, 3.05) is 0 Å². The normalized spacial score (nSPS) is 11.1. The van der Waals surface area contributed by atoms with E-state index in [2.05, 4.69) is 9.97 Å². The number of aromatic amines is 1. The maximum atomic E-state index is 11.5. The average molecular weight is 331 g/mol. The Morgan fingerprint density at radius 3 is 2.60 bits per heavy atom. The number of nitrogens with zero attached hydrogens (tertiary/aromatic N) is 2. The molecule has 124 valence electrons. The van der Waals surface area contributed by atoms with Crippen molar-refractivity contribution >= 4 is 16.9 Å². The minimum atomic E-state index is -0.484. The van der Waals surface area contributed by atoms with Crippen molar-refractivity contribution in [2.24, 2.45) is 11.5 Å². The van der Waals surface area contributed by atoms with E-state index in [1.165, 1.54) is 0 Å². The number of hydrogen-bond donors (Lipinski definition) is 3. The number of carbonyl (C=O) groups is 1.